The molecule has 57 heavy (non-hydrogen) atoms. The molecule has 2 aliphatic rings. The third kappa shape index (κ3) is 7.53. The second-order valence-electron chi connectivity index (χ2n) is 15.1. The molecule has 6 aromatic rings. The maximum Gasteiger partial charge on any atom is 0.226 e. The molecule has 2 N–H and O–H groups in total. The monoisotopic (exact) mass is 803 g/mol. The van der Waals surface area contributed by atoms with Gasteiger partial charge in [-0.25, -0.2) is 46.9 Å². The first-order chi connectivity index (χ1) is 27.0. The number of nitrogens with one attached hydrogen (secondary N) is 2. The summed E-state index contributed by atoms with van der Waals surface area (Å²) in [5.74, 6) is -0.181. The number of anilines is 6. The molecule has 4 aromatic heterocycles. The lowest BCUT2D eigenvalue weighted by Crippen LogP contribution is -2.26. The lowest BCUT2D eigenvalue weighted by Gasteiger charge is -2.22. The van der Waals surface area contributed by atoms with Crippen LogP contribution in [0.3, 0.4) is 0 Å². The van der Waals surface area contributed by atoms with Crippen LogP contribution in [0.4, 0.5) is 56.6 Å². The Hall–Kier alpha value is -5.90. The molecule has 17 heteroatoms. The predicted molar refractivity (Wildman–Crippen MR) is 210 cm³/mol. The molecule has 0 radical (unpaired) electrons. The van der Waals surface area contributed by atoms with E-state index in [1.807, 2.05) is 34.6 Å². The molecule has 6 heterocycles. The highest BCUT2D eigenvalue weighted by molar-refractivity contribution is 6.28. The van der Waals surface area contributed by atoms with Crippen molar-refractivity contribution in [1.29, 1.82) is 0 Å². The molecule has 0 saturated heterocycles. The number of pyridine rings is 1. The van der Waals surface area contributed by atoms with Gasteiger partial charge in [0.05, 0.1) is 17.1 Å². The Morgan fingerprint density at radius 1 is 0.684 bits per heavy atom. The molecule has 0 fully saturated rings. The zero-order chi connectivity index (χ0) is 41.0. The number of hydrogen-bond acceptors (Lipinski definition) is 10. The van der Waals surface area contributed by atoms with Gasteiger partial charge in [0.2, 0.25) is 5.28 Å². The standard InChI is InChI=1S/C25H24F3N7.C15H15ClF2N4/c1-14-11-34(13-31-14)23-18(28)7-15(10-30-23)8-20-32-22(29-4)21-24(33-20)35(12-25(21,2)3)19-6-5-16(26)9-17(19)27;1-15(2)7-22(10-5-4-8(17)6-9(10)18)13-11(15)12(19-3)20-14(16)21-13/h5-7,9-11,13H,8,12H2,1-4H3,(H,29,32,33);4-6H,7H2,1-3H3,(H,19,20,21). The van der Waals surface area contributed by atoms with E-state index in [1.165, 1.54) is 41.2 Å². The molecule has 11 nitrogen and oxygen atoms in total. The van der Waals surface area contributed by atoms with Gasteiger partial charge in [-0.15, -0.1) is 0 Å². The quantitative estimate of drug-likeness (QED) is 0.120. The fraction of sp³-hybridized carbons (Fsp3) is 0.300. The summed E-state index contributed by atoms with van der Waals surface area (Å²) >= 11 is 5.98. The Kier molecular flexibility index (Phi) is 10.3. The van der Waals surface area contributed by atoms with Gasteiger partial charge in [0.1, 0.15) is 58.7 Å². The average Bonchev–Trinajstić information content (AvgIpc) is 3.78. The Morgan fingerprint density at radius 3 is 1.72 bits per heavy atom. The molecular formula is C40H39ClF5N11. The average molecular weight is 804 g/mol. The van der Waals surface area contributed by atoms with Gasteiger partial charge in [-0.1, -0.05) is 27.7 Å². The predicted octanol–water partition coefficient (Wildman–Crippen LogP) is 8.72. The summed E-state index contributed by atoms with van der Waals surface area (Å²) in [4.78, 5) is 29.7. The van der Waals surface area contributed by atoms with Crippen LogP contribution in [-0.4, -0.2) is 61.7 Å². The van der Waals surface area contributed by atoms with E-state index in [1.54, 1.807) is 36.3 Å². The summed E-state index contributed by atoms with van der Waals surface area (Å²) in [7, 11) is 3.50. The molecule has 0 saturated carbocycles. The molecule has 0 atom stereocenters. The van der Waals surface area contributed by atoms with Crippen LogP contribution in [0.5, 0.6) is 0 Å². The van der Waals surface area contributed by atoms with Crippen LogP contribution in [0, 0.1) is 36.0 Å². The lowest BCUT2D eigenvalue weighted by molar-refractivity contribution is 0.556. The minimum absolute atomic E-state index is 0.0771. The van der Waals surface area contributed by atoms with E-state index in [0.29, 0.717) is 47.7 Å². The van der Waals surface area contributed by atoms with Crippen molar-refractivity contribution in [2.75, 3.05) is 47.6 Å². The number of imidazole rings is 1. The molecule has 0 spiro atoms. The van der Waals surface area contributed by atoms with Crippen molar-refractivity contribution in [2.45, 2.75) is 51.9 Å². The first kappa shape index (κ1) is 39.3. The molecule has 0 amide bonds. The van der Waals surface area contributed by atoms with E-state index in [0.717, 1.165) is 29.0 Å². The molecule has 2 aliphatic heterocycles. The zero-order valence-electron chi connectivity index (χ0n) is 32.2. The number of rotatable bonds is 7. The first-order valence-corrected chi connectivity index (χ1v) is 18.3. The molecule has 8 rings (SSSR count). The van der Waals surface area contributed by atoms with Crippen molar-refractivity contribution >= 4 is 46.2 Å². The second kappa shape index (κ2) is 14.9. The topological polar surface area (TPSA) is 113 Å². The van der Waals surface area contributed by atoms with Crippen LogP contribution < -0.4 is 20.4 Å². The molecule has 0 bridgehead atoms. The molecule has 0 unspecified atom stereocenters. The fourth-order valence-corrected chi connectivity index (χ4v) is 7.53. The molecule has 296 valence electrons. The number of benzene rings is 2. The van der Waals surface area contributed by atoms with Crippen molar-refractivity contribution in [1.82, 2.24) is 34.5 Å². The Labute approximate surface area is 331 Å². The van der Waals surface area contributed by atoms with Gasteiger partial charge in [-0.3, -0.25) is 4.57 Å². The number of halogens is 6. The van der Waals surface area contributed by atoms with Crippen molar-refractivity contribution in [2.24, 2.45) is 0 Å². The number of aromatic nitrogens is 7. The fourth-order valence-electron chi connectivity index (χ4n) is 7.37. The Bertz CT molecular complexity index is 2510. The van der Waals surface area contributed by atoms with Gasteiger partial charge < -0.3 is 20.4 Å². The summed E-state index contributed by atoms with van der Waals surface area (Å²) in [6.07, 6.45) is 4.99. The molecule has 0 aliphatic carbocycles. The van der Waals surface area contributed by atoms with E-state index in [9.17, 15) is 22.0 Å². The third-order valence-electron chi connectivity index (χ3n) is 9.84. The van der Waals surface area contributed by atoms with E-state index in [-0.39, 0.29) is 34.3 Å². The minimum atomic E-state index is -0.670. The van der Waals surface area contributed by atoms with Gasteiger partial charge in [0, 0.05) is 80.1 Å². The van der Waals surface area contributed by atoms with Crippen LogP contribution in [0.1, 0.15) is 55.9 Å². The van der Waals surface area contributed by atoms with Crippen molar-refractivity contribution in [3.63, 3.8) is 0 Å². The van der Waals surface area contributed by atoms with Gasteiger partial charge in [-0.05, 0) is 54.4 Å². The summed E-state index contributed by atoms with van der Waals surface area (Å²) < 4.78 is 71.9. The smallest absolute Gasteiger partial charge is 0.226 e. The second-order valence-corrected chi connectivity index (χ2v) is 15.4. The zero-order valence-corrected chi connectivity index (χ0v) is 32.9. The van der Waals surface area contributed by atoms with Gasteiger partial charge >= 0.3 is 0 Å². The van der Waals surface area contributed by atoms with Gasteiger partial charge in [-0.2, -0.15) is 4.98 Å². The van der Waals surface area contributed by atoms with Crippen molar-refractivity contribution in [3.8, 4) is 5.82 Å². The van der Waals surface area contributed by atoms with Crippen molar-refractivity contribution in [3.05, 3.63) is 124 Å². The van der Waals surface area contributed by atoms with Crippen LogP contribution in [0.15, 0.2) is 61.2 Å². The van der Waals surface area contributed by atoms with E-state index in [4.69, 9.17) is 16.6 Å². The summed E-state index contributed by atoms with van der Waals surface area (Å²) in [6.45, 7) is 10.8. The maximum atomic E-state index is 14.8. The van der Waals surface area contributed by atoms with E-state index < -0.39 is 34.5 Å². The number of hydrogen-bond donors (Lipinski definition) is 2. The number of aryl methyl sites for hydroxylation is 1. The molecular weight excluding hydrogens is 765 g/mol. The number of fused-ring (bicyclic) bond motifs is 2. The van der Waals surface area contributed by atoms with E-state index >= 15 is 0 Å². The lowest BCUT2D eigenvalue weighted by atomic mass is 9.88. The van der Waals surface area contributed by atoms with Crippen molar-refractivity contribution < 1.29 is 22.0 Å². The SMILES string of the molecule is CNc1nc(Cc2cnc(-n3cnc(C)c3)c(F)c2)nc2c1C(C)(C)CN2c1ccc(F)cc1F.CNc1nc(Cl)nc2c1C(C)(C)CN2c1ccc(F)cc1F. The normalized spacial score (nSPS) is 14.9. The highest BCUT2D eigenvalue weighted by Crippen LogP contribution is 2.48. The summed E-state index contributed by atoms with van der Waals surface area (Å²) in [6, 6.07) is 8.39. The Balaban J connectivity index is 0.000000194. The van der Waals surface area contributed by atoms with E-state index in [2.05, 4.69) is 35.6 Å². The summed E-state index contributed by atoms with van der Waals surface area (Å²) in [5, 5.41) is 6.20. The first-order valence-electron chi connectivity index (χ1n) is 17.9. The minimum Gasteiger partial charge on any atom is -0.373 e. The van der Waals surface area contributed by atoms with Crippen LogP contribution in [0.2, 0.25) is 5.28 Å². The van der Waals surface area contributed by atoms with Crippen LogP contribution >= 0.6 is 11.6 Å². The Morgan fingerprint density at radius 2 is 1.23 bits per heavy atom. The third-order valence-corrected chi connectivity index (χ3v) is 10.0. The van der Waals surface area contributed by atoms with Gasteiger partial charge in [0.15, 0.2) is 11.6 Å². The maximum absolute atomic E-state index is 14.8. The highest BCUT2D eigenvalue weighted by Gasteiger charge is 2.42. The molecule has 2 aromatic carbocycles. The summed E-state index contributed by atoms with van der Waals surface area (Å²) in [5.41, 5.74) is 2.84. The highest BCUT2D eigenvalue weighted by atomic mass is 35.5. The van der Waals surface area contributed by atoms with Crippen LogP contribution in [-0.2, 0) is 17.3 Å². The number of nitrogens with zero attached hydrogens (tertiary/aromatic N) is 9. The van der Waals surface area contributed by atoms with Crippen LogP contribution in [0.25, 0.3) is 5.82 Å². The van der Waals surface area contributed by atoms with Gasteiger partial charge in [0.25, 0.3) is 0 Å². The largest absolute Gasteiger partial charge is 0.373 e.